The van der Waals surface area contributed by atoms with Crippen LogP contribution >= 0.6 is 0 Å². The molecule has 0 aliphatic carbocycles. The molecule has 0 spiro atoms. The number of hydrogen-bond acceptors (Lipinski definition) is 3. The van der Waals surface area contributed by atoms with Gasteiger partial charge in [0.1, 0.15) is 0 Å². The van der Waals surface area contributed by atoms with Crippen LogP contribution in [0.5, 0.6) is 0 Å². The second-order valence-corrected chi connectivity index (χ2v) is 5.02. The Morgan fingerprint density at radius 2 is 1.65 bits per heavy atom. The number of carbonyl (C=O) groups is 2. The molecule has 1 aromatic carbocycles. The van der Waals surface area contributed by atoms with Crippen molar-refractivity contribution in [3.63, 3.8) is 0 Å². The summed E-state index contributed by atoms with van der Waals surface area (Å²) in [4.78, 5) is 26.8. The van der Waals surface area contributed by atoms with Gasteiger partial charge in [0.05, 0.1) is 0 Å². The van der Waals surface area contributed by atoms with Crippen LogP contribution in [0, 0.1) is 0 Å². The van der Waals surface area contributed by atoms with E-state index in [9.17, 15) is 9.59 Å². The third kappa shape index (κ3) is 3.98. The monoisotopic (exact) mass is 275 g/mol. The summed E-state index contributed by atoms with van der Waals surface area (Å²) in [6.45, 7) is 3.19. The Bertz CT molecular complexity index is 453. The van der Waals surface area contributed by atoms with Crippen molar-refractivity contribution in [3.8, 4) is 0 Å². The van der Waals surface area contributed by atoms with E-state index in [1.807, 2.05) is 23.1 Å². The van der Waals surface area contributed by atoms with Gasteiger partial charge in [0, 0.05) is 44.7 Å². The van der Waals surface area contributed by atoms with Crippen molar-refractivity contribution in [2.45, 2.75) is 19.3 Å². The fourth-order valence-corrected chi connectivity index (χ4v) is 2.42. The lowest BCUT2D eigenvalue weighted by molar-refractivity contribution is -0.131. The SMILES string of the molecule is NC(=O)CCCC(=O)N1CCN(c2ccccc2)CC1. The molecule has 2 amide bonds. The summed E-state index contributed by atoms with van der Waals surface area (Å²) in [5.74, 6) is -0.217. The number of nitrogens with zero attached hydrogens (tertiary/aromatic N) is 2. The highest BCUT2D eigenvalue weighted by molar-refractivity contribution is 5.78. The molecule has 1 aliphatic rings. The third-order valence-corrected chi connectivity index (χ3v) is 3.57. The van der Waals surface area contributed by atoms with Crippen molar-refractivity contribution in [3.05, 3.63) is 30.3 Å². The first-order valence-corrected chi connectivity index (χ1v) is 7.03. The molecule has 5 heteroatoms. The van der Waals surface area contributed by atoms with Crippen LogP contribution in [-0.4, -0.2) is 42.9 Å². The van der Waals surface area contributed by atoms with Gasteiger partial charge in [-0.05, 0) is 18.6 Å². The topological polar surface area (TPSA) is 66.6 Å². The van der Waals surface area contributed by atoms with Crippen LogP contribution < -0.4 is 10.6 Å². The Labute approximate surface area is 119 Å². The van der Waals surface area contributed by atoms with E-state index in [-0.39, 0.29) is 18.2 Å². The zero-order chi connectivity index (χ0) is 14.4. The molecular formula is C15H21N3O2. The Kier molecular flexibility index (Phi) is 4.98. The van der Waals surface area contributed by atoms with E-state index in [1.54, 1.807) is 0 Å². The van der Waals surface area contributed by atoms with E-state index in [1.165, 1.54) is 5.69 Å². The van der Waals surface area contributed by atoms with Gasteiger partial charge in [0.25, 0.3) is 0 Å². The summed E-state index contributed by atoms with van der Waals surface area (Å²) in [7, 11) is 0. The Morgan fingerprint density at radius 3 is 2.25 bits per heavy atom. The molecule has 0 saturated carbocycles. The number of benzene rings is 1. The second kappa shape index (κ2) is 6.93. The molecule has 1 saturated heterocycles. The summed E-state index contributed by atoms with van der Waals surface area (Å²) in [6.07, 6.45) is 1.25. The highest BCUT2D eigenvalue weighted by Gasteiger charge is 2.20. The molecule has 0 atom stereocenters. The zero-order valence-electron chi connectivity index (χ0n) is 11.6. The quantitative estimate of drug-likeness (QED) is 0.871. The summed E-state index contributed by atoms with van der Waals surface area (Å²) in [6, 6.07) is 10.2. The Balaban J connectivity index is 1.76. The van der Waals surface area contributed by atoms with Gasteiger partial charge < -0.3 is 15.5 Å². The predicted molar refractivity (Wildman–Crippen MR) is 78.3 cm³/mol. The van der Waals surface area contributed by atoms with Gasteiger partial charge >= 0.3 is 0 Å². The number of anilines is 1. The molecule has 108 valence electrons. The van der Waals surface area contributed by atoms with Gasteiger partial charge in [-0.2, -0.15) is 0 Å². The molecule has 2 N–H and O–H groups in total. The first-order valence-electron chi connectivity index (χ1n) is 7.03. The average molecular weight is 275 g/mol. The van der Waals surface area contributed by atoms with Crippen molar-refractivity contribution < 1.29 is 9.59 Å². The largest absolute Gasteiger partial charge is 0.370 e. The smallest absolute Gasteiger partial charge is 0.222 e. The van der Waals surface area contributed by atoms with Gasteiger partial charge in [-0.1, -0.05) is 18.2 Å². The average Bonchev–Trinajstić information content (AvgIpc) is 2.48. The molecule has 1 heterocycles. The van der Waals surface area contributed by atoms with Crippen LogP contribution in [0.2, 0.25) is 0 Å². The van der Waals surface area contributed by atoms with Gasteiger partial charge in [-0.15, -0.1) is 0 Å². The van der Waals surface area contributed by atoms with E-state index in [0.29, 0.717) is 12.8 Å². The normalized spacial score (nSPS) is 15.2. The first-order chi connectivity index (χ1) is 9.66. The number of nitrogens with two attached hydrogens (primary N) is 1. The van der Waals surface area contributed by atoms with Crippen molar-refractivity contribution in [1.82, 2.24) is 4.90 Å². The van der Waals surface area contributed by atoms with E-state index in [2.05, 4.69) is 17.0 Å². The van der Waals surface area contributed by atoms with Crippen LogP contribution in [0.1, 0.15) is 19.3 Å². The zero-order valence-corrected chi connectivity index (χ0v) is 11.6. The molecule has 0 unspecified atom stereocenters. The van der Waals surface area contributed by atoms with Crippen LogP contribution in [0.15, 0.2) is 30.3 Å². The van der Waals surface area contributed by atoms with E-state index >= 15 is 0 Å². The summed E-state index contributed by atoms with van der Waals surface area (Å²) < 4.78 is 0. The molecule has 0 bridgehead atoms. The molecule has 0 aromatic heterocycles. The minimum Gasteiger partial charge on any atom is -0.370 e. The van der Waals surface area contributed by atoms with Crippen LogP contribution in [0.4, 0.5) is 5.69 Å². The summed E-state index contributed by atoms with van der Waals surface area (Å²) in [5, 5.41) is 0. The standard InChI is InChI=1S/C15H21N3O2/c16-14(19)7-4-8-15(20)18-11-9-17(10-12-18)13-5-2-1-3-6-13/h1-3,5-6H,4,7-12H2,(H2,16,19). The van der Waals surface area contributed by atoms with E-state index in [4.69, 9.17) is 5.73 Å². The number of rotatable bonds is 5. The van der Waals surface area contributed by atoms with E-state index < -0.39 is 0 Å². The number of para-hydroxylation sites is 1. The summed E-state index contributed by atoms with van der Waals surface area (Å²) in [5.41, 5.74) is 6.27. The number of piperazine rings is 1. The minimum absolute atomic E-state index is 0.124. The summed E-state index contributed by atoms with van der Waals surface area (Å²) >= 11 is 0. The third-order valence-electron chi connectivity index (χ3n) is 3.57. The molecule has 1 aliphatic heterocycles. The lowest BCUT2D eigenvalue weighted by atomic mass is 10.2. The van der Waals surface area contributed by atoms with Crippen molar-refractivity contribution in [2.24, 2.45) is 5.73 Å². The number of amides is 2. The fraction of sp³-hybridized carbons (Fsp3) is 0.467. The van der Waals surface area contributed by atoms with Gasteiger partial charge in [-0.3, -0.25) is 9.59 Å². The molecule has 20 heavy (non-hydrogen) atoms. The van der Waals surface area contributed by atoms with Gasteiger partial charge in [0.2, 0.25) is 11.8 Å². The molecule has 2 rings (SSSR count). The number of hydrogen-bond donors (Lipinski definition) is 1. The highest BCUT2D eigenvalue weighted by Crippen LogP contribution is 2.16. The molecule has 0 radical (unpaired) electrons. The maximum absolute atomic E-state index is 12.0. The molecule has 5 nitrogen and oxygen atoms in total. The maximum atomic E-state index is 12.0. The van der Waals surface area contributed by atoms with Gasteiger partial charge in [0.15, 0.2) is 0 Å². The van der Waals surface area contributed by atoms with Gasteiger partial charge in [-0.25, -0.2) is 0 Å². The minimum atomic E-state index is -0.341. The van der Waals surface area contributed by atoms with Crippen LogP contribution in [-0.2, 0) is 9.59 Å². The highest BCUT2D eigenvalue weighted by atomic mass is 16.2. The van der Waals surface area contributed by atoms with Crippen LogP contribution in [0.25, 0.3) is 0 Å². The van der Waals surface area contributed by atoms with E-state index in [0.717, 1.165) is 26.2 Å². The molecule has 1 fully saturated rings. The Morgan fingerprint density at radius 1 is 1.00 bits per heavy atom. The Hall–Kier alpha value is -2.04. The predicted octanol–water partition coefficient (Wildman–Crippen LogP) is 0.991. The van der Waals surface area contributed by atoms with Crippen molar-refractivity contribution in [2.75, 3.05) is 31.1 Å². The first kappa shape index (κ1) is 14.4. The lowest BCUT2D eigenvalue weighted by Gasteiger charge is -2.36. The van der Waals surface area contributed by atoms with Crippen molar-refractivity contribution in [1.29, 1.82) is 0 Å². The fourth-order valence-electron chi connectivity index (χ4n) is 2.42. The lowest BCUT2D eigenvalue weighted by Crippen LogP contribution is -2.48. The number of carbonyl (C=O) groups excluding carboxylic acids is 2. The molecule has 1 aromatic rings. The number of primary amides is 1. The maximum Gasteiger partial charge on any atom is 0.222 e. The van der Waals surface area contributed by atoms with Crippen molar-refractivity contribution >= 4 is 17.5 Å². The molecular weight excluding hydrogens is 254 g/mol. The van der Waals surface area contributed by atoms with Crippen LogP contribution in [0.3, 0.4) is 0 Å². The second-order valence-electron chi connectivity index (χ2n) is 5.02.